The van der Waals surface area contributed by atoms with Gasteiger partial charge in [0.25, 0.3) is 0 Å². The highest BCUT2D eigenvalue weighted by Crippen LogP contribution is 2.23. The van der Waals surface area contributed by atoms with Gasteiger partial charge in [-0.15, -0.1) is 0 Å². The molecule has 0 fully saturated rings. The summed E-state index contributed by atoms with van der Waals surface area (Å²) in [7, 11) is 0. The molecule has 122 valence electrons. The molecule has 1 aromatic heterocycles. The van der Waals surface area contributed by atoms with Crippen LogP contribution in [0.5, 0.6) is 0 Å². The molecule has 0 aliphatic heterocycles. The molecule has 0 bridgehead atoms. The van der Waals surface area contributed by atoms with Crippen molar-refractivity contribution >= 4 is 22.8 Å². The number of amides is 1. The van der Waals surface area contributed by atoms with Gasteiger partial charge in [0.1, 0.15) is 11.5 Å². The summed E-state index contributed by atoms with van der Waals surface area (Å²) in [5, 5.41) is 12.7. The number of benzene rings is 2. The van der Waals surface area contributed by atoms with Crippen LogP contribution in [0.3, 0.4) is 0 Å². The Balaban J connectivity index is 1.76. The molecular formula is C18H15FN2O3. The van der Waals surface area contributed by atoms with E-state index in [1.54, 1.807) is 36.4 Å². The van der Waals surface area contributed by atoms with Crippen LogP contribution in [-0.4, -0.2) is 22.0 Å². The van der Waals surface area contributed by atoms with Crippen molar-refractivity contribution < 1.29 is 19.1 Å². The van der Waals surface area contributed by atoms with Crippen LogP contribution in [-0.2, 0) is 17.8 Å². The molecule has 2 aromatic carbocycles. The highest BCUT2D eigenvalue weighted by Gasteiger charge is 2.19. The minimum atomic E-state index is -1.10. The average Bonchev–Trinajstić information content (AvgIpc) is 2.93. The van der Waals surface area contributed by atoms with Gasteiger partial charge < -0.3 is 15.4 Å². The Morgan fingerprint density at radius 2 is 1.79 bits per heavy atom. The van der Waals surface area contributed by atoms with E-state index in [0.717, 1.165) is 5.56 Å². The molecule has 6 heteroatoms. The third kappa shape index (κ3) is 3.27. The van der Waals surface area contributed by atoms with E-state index in [9.17, 15) is 19.1 Å². The van der Waals surface area contributed by atoms with Gasteiger partial charge >= 0.3 is 5.97 Å². The Morgan fingerprint density at radius 1 is 1.08 bits per heavy atom. The number of hydrogen-bond acceptors (Lipinski definition) is 2. The van der Waals surface area contributed by atoms with Gasteiger partial charge in [-0.05, 0) is 23.8 Å². The number of carbonyl (C=O) groups excluding carboxylic acids is 1. The number of H-pyrrole nitrogens is 1. The first-order valence-corrected chi connectivity index (χ1v) is 7.38. The molecule has 5 nitrogen and oxygen atoms in total. The largest absolute Gasteiger partial charge is 0.477 e. The molecule has 0 spiro atoms. The quantitative estimate of drug-likeness (QED) is 0.674. The van der Waals surface area contributed by atoms with Crippen LogP contribution in [0.4, 0.5) is 4.39 Å². The third-order valence-corrected chi connectivity index (χ3v) is 3.77. The Hall–Kier alpha value is -3.15. The van der Waals surface area contributed by atoms with Crippen molar-refractivity contribution in [2.75, 3.05) is 0 Å². The smallest absolute Gasteiger partial charge is 0.352 e. The van der Waals surface area contributed by atoms with Gasteiger partial charge in [-0.25, -0.2) is 9.18 Å². The molecule has 0 radical (unpaired) electrons. The average molecular weight is 326 g/mol. The lowest BCUT2D eigenvalue weighted by Gasteiger charge is -2.06. The van der Waals surface area contributed by atoms with E-state index in [-0.39, 0.29) is 30.4 Å². The van der Waals surface area contributed by atoms with E-state index in [0.29, 0.717) is 16.5 Å². The summed E-state index contributed by atoms with van der Waals surface area (Å²) >= 11 is 0. The molecule has 3 N–H and O–H groups in total. The van der Waals surface area contributed by atoms with Gasteiger partial charge in [0, 0.05) is 23.0 Å². The van der Waals surface area contributed by atoms with Gasteiger partial charge in [0.05, 0.1) is 6.42 Å². The number of carboxylic acids is 1. The first kappa shape index (κ1) is 15.7. The van der Waals surface area contributed by atoms with Crippen molar-refractivity contribution in [3.63, 3.8) is 0 Å². The highest BCUT2D eigenvalue weighted by atomic mass is 19.1. The predicted octanol–water partition coefficient (Wildman–Crippen LogP) is 2.86. The standard InChI is InChI=1S/C18H15FN2O3/c19-12-7-5-11(6-8-12)10-20-16(22)9-14-13-3-1-2-4-15(13)21-17(14)18(23)24/h1-8,21H,9-10H2,(H,20,22)(H,23,24). The topological polar surface area (TPSA) is 82.2 Å². The summed E-state index contributed by atoms with van der Waals surface area (Å²) in [6.07, 6.45) is -0.0488. The number of aromatic carboxylic acids is 1. The molecular weight excluding hydrogens is 311 g/mol. The van der Waals surface area contributed by atoms with E-state index >= 15 is 0 Å². The van der Waals surface area contributed by atoms with Crippen LogP contribution >= 0.6 is 0 Å². The zero-order valence-electron chi connectivity index (χ0n) is 12.7. The van der Waals surface area contributed by atoms with Crippen LogP contribution in [0.25, 0.3) is 10.9 Å². The van der Waals surface area contributed by atoms with Gasteiger partial charge in [0.15, 0.2) is 0 Å². The lowest BCUT2D eigenvalue weighted by Crippen LogP contribution is -2.25. The second-order valence-electron chi connectivity index (χ2n) is 5.41. The summed E-state index contributed by atoms with van der Waals surface area (Å²) in [6, 6.07) is 13.0. The van der Waals surface area contributed by atoms with Gasteiger partial charge in [0.2, 0.25) is 5.91 Å². The number of halogens is 1. The maximum absolute atomic E-state index is 12.9. The molecule has 0 saturated heterocycles. The highest BCUT2D eigenvalue weighted by molar-refractivity contribution is 5.99. The number of hydrogen-bond donors (Lipinski definition) is 3. The molecule has 1 amide bonds. The normalized spacial score (nSPS) is 10.7. The maximum atomic E-state index is 12.9. The number of aromatic nitrogens is 1. The predicted molar refractivity (Wildman–Crippen MR) is 87.2 cm³/mol. The van der Waals surface area contributed by atoms with Crippen molar-refractivity contribution in [2.24, 2.45) is 0 Å². The van der Waals surface area contributed by atoms with E-state index < -0.39 is 5.97 Å². The van der Waals surface area contributed by atoms with Gasteiger partial charge in [-0.2, -0.15) is 0 Å². The second kappa shape index (κ2) is 6.54. The van der Waals surface area contributed by atoms with Crippen molar-refractivity contribution in [3.05, 3.63) is 71.2 Å². The van der Waals surface area contributed by atoms with Crippen molar-refractivity contribution in [1.82, 2.24) is 10.3 Å². The molecule has 0 aliphatic rings. The fourth-order valence-corrected chi connectivity index (χ4v) is 2.59. The summed E-state index contributed by atoms with van der Waals surface area (Å²) in [6.45, 7) is 0.254. The van der Waals surface area contributed by atoms with Crippen molar-refractivity contribution in [1.29, 1.82) is 0 Å². The zero-order valence-corrected chi connectivity index (χ0v) is 12.7. The SMILES string of the molecule is O=C(Cc1c(C(=O)O)[nH]c2ccccc12)NCc1ccc(F)cc1. The molecule has 0 atom stereocenters. The van der Waals surface area contributed by atoms with Crippen LogP contribution in [0, 0.1) is 5.82 Å². The summed E-state index contributed by atoms with van der Waals surface area (Å²) < 4.78 is 12.9. The summed E-state index contributed by atoms with van der Waals surface area (Å²) in [4.78, 5) is 26.4. The summed E-state index contributed by atoms with van der Waals surface area (Å²) in [5.74, 6) is -1.74. The third-order valence-electron chi connectivity index (χ3n) is 3.77. The minimum Gasteiger partial charge on any atom is -0.477 e. The number of fused-ring (bicyclic) bond motifs is 1. The van der Waals surface area contributed by atoms with Crippen LogP contribution < -0.4 is 5.32 Å². The molecule has 0 aliphatic carbocycles. The number of aromatic amines is 1. The number of para-hydroxylation sites is 1. The molecule has 3 aromatic rings. The number of nitrogens with one attached hydrogen (secondary N) is 2. The lowest BCUT2D eigenvalue weighted by molar-refractivity contribution is -0.120. The van der Waals surface area contributed by atoms with E-state index in [4.69, 9.17) is 0 Å². The van der Waals surface area contributed by atoms with Gasteiger partial charge in [-0.1, -0.05) is 30.3 Å². The Labute approximate surface area is 137 Å². The van der Waals surface area contributed by atoms with E-state index in [2.05, 4.69) is 10.3 Å². The minimum absolute atomic E-state index is 0.0214. The fourth-order valence-electron chi connectivity index (χ4n) is 2.59. The maximum Gasteiger partial charge on any atom is 0.352 e. The van der Waals surface area contributed by atoms with Crippen LogP contribution in [0.2, 0.25) is 0 Å². The second-order valence-corrected chi connectivity index (χ2v) is 5.41. The molecule has 3 rings (SSSR count). The Kier molecular flexibility index (Phi) is 4.29. The fraction of sp³-hybridized carbons (Fsp3) is 0.111. The van der Waals surface area contributed by atoms with Gasteiger partial charge in [-0.3, -0.25) is 4.79 Å². The monoisotopic (exact) mass is 326 g/mol. The van der Waals surface area contributed by atoms with Crippen LogP contribution in [0.15, 0.2) is 48.5 Å². The molecule has 24 heavy (non-hydrogen) atoms. The van der Waals surface area contributed by atoms with Crippen LogP contribution in [0.1, 0.15) is 21.6 Å². The van der Waals surface area contributed by atoms with Crippen molar-refractivity contribution in [2.45, 2.75) is 13.0 Å². The lowest BCUT2D eigenvalue weighted by atomic mass is 10.1. The summed E-state index contributed by atoms with van der Waals surface area (Å²) in [5.41, 5.74) is 1.92. The Bertz CT molecular complexity index is 900. The van der Waals surface area contributed by atoms with E-state index in [1.807, 2.05) is 0 Å². The first-order valence-electron chi connectivity index (χ1n) is 7.38. The molecule has 0 saturated carbocycles. The first-order chi connectivity index (χ1) is 11.5. The van der Waals surface area contributed by atoms with Crippen molar-refractivity contribution in [3.8, 4) is 0 Å². The molecule has 1 heterocycles. The zero-order chi connectivity index (χ0) is 17.1. The number of carboxylic acid groups (broad SMARTS) is 1. The van der Waals surface area contributed by atoms with E-state index in [1.165, 1.54) is 12.1 Å². The number of rotatable bonds is 5. The molecule has 0 unspecified atom stereocenters. The Morgan fingerprint density at radius 3 is 2.50 bits per heavy atom. The number of carbonyl (C=O) groups is 2.